The van der Waals surface area contributed by atoms with E-state index in [1.807, 2.05) is 6.07 Å². The standard InChI is InChI=1S/C13H17N3O/c1-13(17-2)6-3-7-16(10-13)12-5-4-11(8-14)9-15-12/h4-5,9H,3,6-7,10H2,1-2H3. The molecule has 2 rings (SSSR count). The van der Waals surface area contributed by atoms with Gasteiger partial charge in [0.15, 0.2) is 0 Å². The third kappa shape index (κ3) is 2.56. The Bertz CT molecular complexity index is 423. The summed E-state index contributed by atoms with van der Waals surface area (Å²) in [5, 5.41) is 8.74. The van der Waals surface area contributed by atoms with Gasteiger partial charge in [-0.15, -0.1) is 0 Å². The van der Waals surface area contributed by atoms with Crippen LogP contribution in [0.3, 0.4) is 0 Å². The fraction of sp³-hybridized carbons (Fsp3) is 0.538. The van der Waals surface area contributed by atoms with Crippen molar-refractivity contribution in [2.75, 3.05) is 25.1 Å². The summed E-state index contributed by atoms with van der Waals surface area (Å²) in [6, 6.07) is 5.79. The fourth-order valence-electron chi connectivity index (χ4n) is 2.21. The molecule has 0 radical (unpaired) electrons. The topological polar surface area (TPSA) is 49.1 Å². The third-order valence-corrected chi connectivity index (χ3v) is 3.35. The predicted molar refractivity (Wildman–Crippen MR) is 65.8 cm³/mol. The summed E-state index contributed by atoms with van der Waals surface area (Å²) in [6.07, 6.45) is 3.80. The van der Waals surface area contributed by atoms with Crippen molar-refractivity contribution < 1.29 is 4.74 Å². The van der Waals surface area contributed by atoms with E-state index in [0.717, 1.165) is 31.7 Å². The lowest BCUT2D eigenvalue weighted by atomic mass is 9.95. The van der Waals surface area contributed by atoms with Crippen LogP contribution in [-0.4, -0.2) is 30.8 Å². The molecule has 0 spiro atoms. The second-order valence-electron chi connectivity index (χ2n) is 4.70. The van der Waals surface area contributed by atoms with Gasteiger partial charge in [-0.25, -0.2) is 4.98 Å². The molecule has 2 heterocycles. The molecule has 0 amide bonds. The van der Waals surface area contributed by atoms with Crippen molar-refractivity contribution in [1.29, 1.82) is 5.26 Å². The number of methoxy groups -OCH3 is 1. The Morgan fingerprint density at radius 3 is 2.94 bits per heavy atom. The van der Waals surface area contributed by atoms with E-state index in [9.17, 15) is 0 Å². The summed E-state index contributed by atoms with van der Waals surface area (Å²) < 4.78 is 5.55. The van der Waals surface area contributed by atoms with E-state index < -0.39 is 0 Å². The molecule has 4 nitrogen and oxygen atoms in total. The minimum atomic E-state index is -0.0895. The molecule has 17 heavy (non-hydrogen) atoms. The Labute approximate surface area is 102 Å². The van der Waals surface area contributed by atoms with Gasteiger partial charge in [-0.3, -0.25) is 0 Å². The lowest BCUT2D eigenvalue weighted by Crippen LogP contribution is -2.47. The highest BCUT2D eigenvalue weighted by molar-refractivity contribution is 5.42. The largest absolute Gasteiger partial charge is 0.377 e. The number of hydrogen-bond donors (Lipinski definition) is 0. The number of rotatable bonds is 2. The first-order chi connectivity index (χ1) is 8.17. The fourth-order valence-corrected chi connectivity index (χ4v) is 2.21. The molecular formula is C13H17N3O. The number of anilines is 1. The van der Waals surface area contributed by atoms with E-state index in [0.29, 0.717) is 5.56 Å². The van der Waals surface area contributed by atoms with E-state index in [2.05, 4.69) is 22.9 Å². The van der Waals surface area contributed by atoms with Gasteiger partial charge in [0.25, 0.3) is 0 Å². The first kappa shape index (κ1) is 11.9. The molecule has 0 aromatic carbocycles. The Kier molecular flexibility index (Phi) is 3.30. The van der Waals surface area contributed by atoms with Crippen LogP contribution in [-0.2, 0) is 4.74 Å². The Hall–Kier alpha value is -1.60. The molecule has 1 saturated heterocycles. The average Bonchev–Trinajstić information content (AvgIpc) is 2.39. The van der Waals surface area contributed by atoms with E-state index in [1.54, 1.807) is 19.4 Å². The third-order valence-electron chi connectivity index (χ3n) is 3.35. The Morgan fingerprint density at radius 2 is 2.35 bits per heavy atom. The zero-order chi connectivity index (χ0) is 12.3. The molecular weight excluding hydrogens is 214 g/mol. The number of aromatic nitrogens is 1. The van der Waals surface area contributed by atoms with E-state index >= 15 is 0 Å². The van der Waals surface area contributed by atoms with E-state index in [1.165, 1.54) is 0 Å². The summed E-state index contributed by atoms with van der Waals surface area (Å²) in [5.74, 6) is 0.923. The predicted octanol–water partition coefficient (Wildman–Crippen LogP) is 1.96. The molecule has 1 aliphatic rings. The second kappa shape index (κ2) is 4.72. The summed E-state index contributed by atoms with van der Waals surface area (Å²) in [6.45, 7) is 3.98. The van der Waals surface area contributed by atoms with Crippen LogP contribution in [0.5, 0.6) is 0 Å². The first-order valence-electron chi connectivity index (χ1n) is 5.83. The Balaban J connectivity index is 2.14. The lowest BCUT2D eigenvalue weighted by molar-refractivity contribution is -0.00481. The van der Waals surface area contributed by atoms with Crippen LogP contribution in [0.1, 0.15) is 25.3 Å². The summed E-state index contributed by atoms with van der Waals surface area (Å²) in [4.78, 5) is 6.54. The molecule has 1 aromatic heterocycles. The van der Waals surface area contributed by atoms with Crippen LogP contribution >= 0.6 is 0 Å². The maximum Gasteiger partial charge on any atom is 0.128 e. The molecule has 1 unspecified atom stereocenters. The number of pyridine rings is 1. The maximum atomic E-state index is 8.74. The van der Waals surface area contributed by atoms with Crippen molar-refractivity contribution in [2.45, 2.75) is 25.4 Å². The van der Waals surface area contributed by atoms with Crippen LogP contribution in [0, 0.1) is 11.3 Å². The van der Waals surface area contributed by atoms with Gasteiger partial charge in [0, 0.05) is 26.4 Å². The molecule has 1 atom stereocenters. The number of piperidine rings is 1. The molecule has 1 fully saturated rings. The zero-order valence-corrected chi connectivity index (χ0v) is 10.3. The lowest BCUT2D eigenvalue weighted by Gasteiger charge is -2.40. The number of hydrogen-bond acceptors (Lipinski definition) is 4. The highest BCUT2D eigenvalue weighted by Crippen LogP contribution is 2.26. The van der Waals surface area contributed by atoms with Gasteiger partial charge in [-0.05, 0) is 31.9 Å². The first-order valence-corrected chi connectivity index (χ1v) is 5.83. The van der Waals surface area contributed by atoms with Crippen molar-refractivity contribution in [3.8, 4) is 6.07 Å². The minimum absolute atomic E-state index is 0.0895. The van der Waals surface area contributed by atoms with Gasteiger partial charge < -0.3 is 9.64 Å². The van der Waals surface area contributed by atoms with Gasteiger partial charge in [0.1, 0.15) is 11.9 Å². The number of ether oxygens (including phenoxy) is 1. The molecule has 4 heteroatoms. The number of nitriles is 1. The monoisotopic (exact) mass is 231 g/mol. The zero-order valence-electron chi connectivity index (χ0n) is 10.3. The normalized spacial score (nSPS) is 24.4. The highest BCUT2D eigenvalue weighted by atomic mass is 16.5. The van der Waals surface area contributed by atoms with Crippen LogP contribution in [0.15, 0.2) is 18.3 Å². The average molecular weight is 231 g/mol. The van der Waals surface area contributed by atoms with Crippen molar-refractivity contribution in [1.82, 2.24) is 4.98 Å². The van der Waals surface area contributed by atoms with E-state index in [4.69, 9.17) is 10.00 Å². The van der Waals surface area contributed by atoms with E-state index in [-0.39, 0.29) is 5.60 Å². The SMILES string of the molecule is COC1(C)CCCN(c2ccc(C#N)cn2)C1. The van der Waals surface area contributed by atoms with Crippen LogP contribution in [0.25, 0.3) is 0 Å². The van der Waals surface area contributed by atoms with Gasteiger partial charge in [0.2, 0.25) is 0 Å². The van der Waals surface area contributed by atoms with Crippen molar-refractivity contribution in [3.05, 3.63) is 23.9 Å². The van der Waals surface area contributed by atoms with Crippen molar-refractivity contribution >= 4 is 5.82 Å². The molecule has 0 bridgehead atoms. The molecule has 90 valence electrons. The minimum Gasteiger partial charge on any atom is -0.377 e. The molecule has 0 aliphatic carbocycles. The summed E-state index contributed by atoms with van der Waals surface area (Å²) in [7, 11) is 1.76. The number of nitrogens with zero attached hydrogens (tertiary/aromatic N) is 3. The quantitative estimate of drug-likeness (QED) is 0.780. The van der Waals surface area contributed by atoms with Gasteiger partial charge >= 0.3 is 0 Å². The second-order valence-corrected chi connectivity index (χ2v) is 4.70. The molecule has 0 saturated carbocycles. The maximum absolute atomic E-state index is 8.74. The van der Waals surface area contributed by atoms with Crippen LogP contribution in [0.4, 0.5) is 5.82 Å². The molecule has 1 aliphatic heterocycles. The summed E-state index contributed by atoms with van der Waals surface area (Å²) in [5.41, 5.74) is 0.508. The van der Waals surface area contributed by atoms with Gasteiger partial charge in [-0.1, -0.05) is 0 Å². The Morgan fingerprint density at radius 1 is 1.53 bits per heavy atom. The van der Waals surface area contributed by atoms with Gasteiger partial charge in [0.05, 0.1) is 11.2 Å². The highest BCUT2D eigenvalue weighted by Gasteiger charge is 2.31. The van der Waals surface area contributed by atoms with Crippen LogP contribution < -0.4 is 4.90 Å². The van der Waals surface area contributed by atoms with Crippen molar-refractivity contribution in [2.24, 2.45) is 0 Å². The molecule has 0 N–H and O–H groups in total. The smallest absolute Gasteiger partial charge is 0.128 e. The summed E-state index contributed by atoms with van der Waals surface area (Å²) >= 11 is 0. The molecule has 1 aromatic rings. The van der Waals surface area contributed by atoms with Crippen molar-refractivity contribution in [3.63, 3.8) is 0 Å². The van der Waals surface area contributed by atoms with Crippen LogP contribution in [0.2, 0.25) is 0 Å². The van der Waals surface area contributed by atoms with Gasteiger partial charge in [-0.2, -0.15) is 5.26 Å².